The summed E-state index contributed by atoms with van der Waals surface area (Å²) in [7, 11) is 1.67. The highest BCUT2D eigenvalue weighted by Gasteiger charge is 2.35. The van der Waals surface area contributed by atoms with E-state index in [-0.39, 0.29) is 6.10 Å². The lowest BCUT2D eigenvalue weighted by atomic mass is 10.1. The van der Waals surface area contributed by atoms with Crippen LogP contribution in [0.1, 0.15) is 53.2 Å². The van der Waals surface area contributed by atoms with Gasteiger partial charge in [0, 0.05) is 7.11 Å². The Morgan fingerprint density at radius 3 is 2.67 bits per heavy atom. The Kier molecular flexibility index (Phi) is 4.02. The first-order chi connectivity index (χ1) is 8.52. The van der Waals surface area contributed by atoms with Gasteiger partial charge in [0.25, 0.3) is 0 Å². The van der Waals surface area contributed by atoms with Crippen molar-refractivity contribution in [3.05, 3.63) is 15.6 Å². The second-order valence-electron chi connectivity index (χ2n) is 5.22. The predicted molar refractivity (Wildman–Crippen MR) is 70.1 cm³/mol. The van der Waals surface area contributed by atoms with Gasteiger partial charge in [-0.3, -0.25) is 0 Å². The first-order valence-corrected chi connectivity index (χ1v) is 7.10. The number of nitrogens with zero attached hydrogens (tertiary/aromatic N) is 1. The predicted octanol–water partition coefficient (Wildman–Crippen LogP) is 3.14. The van der Waals surface area contributed by atoms with Crippen molar-refractivity contribution < 1.29 is 14.6 Å². The quantitative estimate of drug-likeness (QED) is 0.862. The van der Waals surface area contributed by atoms with Crippen LogP contribution in [0.15, 0.2) is 0 Å². The number of aromatic carboxylic acids is 1. The standard InChI is InChI=1S/C13H19NO3S/c1-7(2)6-9-11(13(15)16)18-12(14-9)10(17-3)8-4-5-8/h7-8,10H,4-6H2,1-3H3,(H,15,16). The Hall–Kier alpha value is -0.940. The molecule has 1 aromatic rings. The molecular weight excluding hydrogens is 250 g/mol. The summed E-state index contributed by atoms with van der Waals surface area (Å²) in [6.07, 6.45) is 2.99. The van der Waals surface area contributed by atoms with Gasteiger partial charge in [0.2, 0.25) is 0 Å². The molecule has 1 aromatic heterocycles. The minimum absolute atomic E-state index is 0.0194. The molecule has 0 aliphatic heterocycles. The molecule has 1 saturated carbocycles. The van der Waals surface area contributed by atoms with Crippen molar-refractivity contribution in [2.24, 2.45) is 11.8 Å². The molecule has 4 nitrogen and oxygen atoms in total. The smallest absolute Gasteiger partial charge is 0.347 e. The van der Waals surface area contributed by atoms with Crippen LogP contribution in [0.2, 0.25) is 0 Å². The zero-order valence-electron chi connectivity index (χ0n) is 11.0. The highest BCUT2D eigenvalue weighted by atomic mass is 32.1. The molecule has 1 heterocycles. The molecule has 1 aliphatic carbocycles. The van der Waals surface area contributed by atoms with Crippen LogP contribution in [-0.2, 0) is 11.2 Å². The van der Waals surface area contributed by atoms with Crippen LogP contribution in [-0.4, -0.2) is 23.2 Å². The van der Waals surface area contributed by atoms with Crippen molar-refractivity contribution in [2.75, 3.05) is 7.11 Å². The van der Waals surface area contributed by atoms with Crippen molar-refractivity contribution in [1.82, 2.24) is 4.98 Å². The molecule has 0 saturated heterocycles. The van der Waals surface area contributed by atoms with Gasteiger partial charge >= 0.3 is 5.97 Å². The van der Waals surface area contributed by atoms with E-state index >= 15 is 0 Å². The number of carboxylic acid groups (broad SMARTS) is 1. The normalized spacial score (nSPS) is 17.1. The van der Waals surface area contributed by atoms with E-state index < -0.39 is 5.97 Å². The van der Waals surface area contributed by atoms with E-state index in [4.69, 9.17) is 4.74 Å². The van der Waals surface area contributed by atoms with Gasteiger partial charge < -0.3 is 9.84 Å². The van der Waals surface area contributed by atoms with Crippen LogP contribution in [0, 0.1) is 11.8 Å². The number of methoxy groups -OCH3 is 1. The highest BCUT2D eigenvalue weighted by molar-refractivity contribution is 7.13. The number of thiazole rings is 1. The van der Waals surface area contributed by atoms with E-state index in [1.165, 1.54) is 11.3 Å². The maximum atomic E-state index is 11.2. The number of hydrogen-bond acceptors (Lipinski definition) is 4. The molecule has 0 radical (unpaired) electrons. The Morgan fingerprint density at radius 1 is 1.56 bits per heavy atom. The Bertz CT molecular complexity index is 437. The van der Waals surface area contributed by atoms with E-state index in [1.807, 2.05) is 0 Å². The van der Waals surface area contributed by atoms with Crippen molar-refractivity contribution in [1.29, 1.82) is 0 Å². The van der Waals surface area contributed by atoms with E-state index in [1.54, 1.807) is 7.11 Å². The topological polar surface area (TPSA) is 59.4 Å². The zero-order chi connectivity index (χ0) is 13.3. The third-order valence-corrected chi connectivity index (χ3v) is 4.20. The van der Waals surface area contributed by atoms with Crippen LogP contribution >= 0.6 is 11.3 Å². The summed E-state index contributed by atoms with van der Waals surface area (Å²) in [6, 6.07) is 0. The van der Waals surface area contributed by atoms with Gasteiger partial charge in [-0.2, -0.15) is 0 Å². The summed E-state index contributed by atoms with van der Waals surface area (Å²) in [5, 5.41) is 10.1. The lowest BCUT2D eigenvalue weighted by Crippen LogP contribution is -2.04. The van der Waals surface area contributed by atoms with Crippen LogP contribution < -0.4 is 0 Å². The molecular formula is C13H19NO3S. The molecule has 5 heteroatoms. The van der Waals surface area contributed by atoms with Crippen LogP contribution in [0.25, 0.3) is 0 Å². The van der Waals surface area contributed by atoms with Gasteiger partial charge in [0.1, 0.15) is 16.0 Å². The molecule has 18 heavy (non-hydrogen) atoms. The lowest BCUT2D eigenvalue weighted by Gasteiger charge is -2.10. The highest BCUT2D eigenvalue weighted by Crippen LogP contribution is 2.44. The fourth-order valence-electron chi connectivity index (χ4n) is 2.08. The van der Waals surface area contributed by atoms with Gasteiger partial charge in [-0.1, -0.05) is 13.8 Å². The largest absolute Gasteiger partial charge is 0.477 e. The number of ether oxygens (including phenoxy) is 1. The monoisotopic (exact) mass is 269 g/mol. The zero-order valence-corrected chi connectivity index (χ0v) is 11.8. The van der Waals surface area contributed by atoms with E-state index in [0.29, 0.717) is 28.8 Å². The molecule has 1 aliphatic rings. The van der Waals surface area contributed by atoms with E-state index in [9.17, 15) is 9.90 Å². The lowest BCUT2D eigenvalue weighted by molar-refractivity contribution is 0.0700. The first kappa shape index (κ1) is 13.5. The third kappa shape index (κ3) is 2.90. The van der Waals surface area contributed by atoms with Gasteiger partial charge in [-0.15, -0.1) is 11.3 Å². The van der Waals surface area contributed by atoms with Crippen molar-refractivity contribution >= 4 is 17.3 Å². The minimum atomic E-state index is -0.875. The summed E-state index contributed by atoms with van der Waals surface area (Å²) >= 11 is 1.27. The van der Waals surface area contributed by atoms with Crippen molar-refractivity contribution in [3.63, 3.8) is 0 Å². The molecule has 1 fully saturated rings. The second-order valence-corrected chi connectivity index (χ2v) is 6.26. The number of aromatic nitrogens is 1. The minimum Gasteiger partial charge on any atom is -0.477 e. The summed E-state index contributed by atoms with van der Waals surface area (Å²) < 4.78 is 5.47. The summed E-state index contributed by atoms with van der Waals surface area (Å²) in [5.74, 6) is 0.0507. The van der Waals surface area contributed by atoms with E-state index in [0.717, 1.165) is 17.8 Å². The Balaban J connectivity index is 2.28. The van der Waals surface area contributed by atoms with Crippen LogP contribution in [0.5, 0.6) is 0 Å². The van der Waals surface area contributed by atoms with Gasteiger partial charge in [-0.05, 0) is 31.1 Å². The average molecular weight is 269 g/mol. The molecule has 0 bridgehead atoms. The fourth-order valence-corrected chi connectivity index (χ4v) is 3.18. The van der Waals surface area contributed by atoms with Crippen LogP contribution in [0.3, 0.4) is 0 Å². The SMILES string of the molecule is COC(c1nc(CC(C)C)c(C(=O)O)s1)C1CC1. The molecule has 0 spiro atoms. The first-order valence-electron chi connectivity index (χ1n) is 6.28. The second kappa shape index (κ2) is 5.36. The van der Waals surface area contributed by atoms with Gasteiger partial charge in [0.15, 0.2) is 0 Å². The fraction of sp³-hybridized carbons (Fsp3) is 0.692. The maximum absolute atomic E-state index is 11.2. The average Bonchev–Trinajstić information content (AvgIpc) is 3.01. The number of hydrogen-bond donors (Lipinski definition) is 1. The molecule has 1 atom stereocenters. The molecule has 1 unspecified atom stereocenters. The third-order valence-electron chi connectivity index (χ3n) is 3.06. The van der Waals surface area contributed by atoms with Gasteiger partial charge in [-0.25, -0.2) is 9.78 Å². The number of rotatable bonds is 6. The van der Waals surface area contributed by atoms with Gasteiger partial charge in [0.05, 0.1) is 5.69 Å². The summed E-state index contributed by atoms with van der Waals surface area (Å²) in [5.41, 5.74) is 0.709. The molecule has 100 valence electrons. The Labute approximate surface area is 111 Å². The Morgan fingerprint density at radius 2 is 2.22 bits per heavy atom. The number of carbonyl (C=O) groups is 1. The molecule has 0 aromatic carbocycles. The van der Waals surface area contributed by atoms with Crippen LogP contribution in [0.4, 0.5) is 0 Å². The molecule has 2 rings (SSSR count). The van der Waals surface area contributed by atoms with Crippen molar-refractivity contribution in [2.45, 2.75) is 39.2 Å². The van der Waals surface area contributed by atoms with E-state index in [2.05, 4.69) is 18.8 Å². The molecule has 1 N–H and O–H groups in total. The summed E-state index contributed by atoms with van der Waals surface area (Å²) in [4.78, 5) is 16.1. The number of carboxylic acids is 1. The van der Waals surface area contributed by atoms with Crippen molar-refractivity contribution in [3.8, 4) is 0 Å². The summed E-state index contributed by atoms with van der Waals surface area (Å²) in [6.45, 7) is 4.14. The molecule has 0 amide bonds. The maximum Gasteiger partial charge on any atom is 0.347 e.